The fourth-order valence-electron chi connectivity index (χ4n) is 12.2. The van der Waals surface area contributed by atoms with Crippen LogP contribution in [0.5, 0.6) is 0 Å². The predicted molar refractivity (Wildman–Crippen MR) is 168 cm³/mol. The van der Waals surface area contributed by atoms with E-state index in [-0.39, 0.29) is 64.5 Å². The number of aliphatic carboxylic acids is 1. The average Bonchev–Trinajstić information content (AvgIpc) is 3.45. The lowest BCUT2D eigenvalue weighted by Gasteiger charge is -2.72. The first kappa shape index (κ1) is 33.0. The first-order valence-corrected chi connectivity index (χ1v) is 17.5. The lowest BCUT2D eigenvalue weighted by Crippen LogP contribution is -2.66. The summed E-state index contributed by atoms with van der Waals surface area (Å²) >= 11 is 0. The number of hydrogen-bond acceptors (Lipinski definition) is 7. The van der Waals surface area contributed by atoms with Crippen LogP contribution in [0.15, 0.2) is 11.1 Å². The molecule has 5 aliphatic carbocycles. The van der Waals surface area contributed by atoms with Gasteiger partial charge in [-0.15, -0.1) is 0 Å². The van der Waals surface area contributed by atoms with Crippen LogP contribution >= 0.6 is 0 Å². The van der Waals surface area contributed by atoms with Crippen LogP contribution in [0.3, 0.4) is 0 Å². The molecule has 0 aromatic rings. The summed E-state index contributed by atoms with van der Waals surface area (Å²) < 4.78 is 22.9. The van der Waals surface area contributed by atoms with Crippen LogP contribution in [0, 0.1) is 50.7 Å². The van der Waals surface area contributed by atoms with Crippen molar-refractivity contribution in [3.8, 4) is 0 Å². The lowest BCUT2D eigenvalue weighted by atomic mass is 9.33. The number of carboxylic acid groups (broad SMARTS) is 1. The smallest absolute Gasteiger partial charge is 0.481 e. The summed E-state index contributed by atoms with van der Waals surface area (Å²) in [5.74, 6) is -0.420. The van der Waals surface area contributed by atoms with Crippen LogP contribution in [0.1, 0.15) is 120 Å². The number of hydrogen-bond donors (Lipinski definition) is 1. The second kappa shape index (κ2) is 10.5. The molecule has 1 heterocycles. The van der Waals surface area contributed by atoms with E-state index in [1.165, 1.54) is 0 Å². The Labute approximate surface area is 269 Å². The van der Waals surface area contributed by atoms with Crippen molar-refractivity contribution in [1.82, 2.24) is 0 Å². The summed E-state index contributed by atoms with van der Waals surface area (Å²) in [6.45, 7) is 20.3. The maximum absolute atomic E-state index is 13.4. The van der Waals surface area contributed by atoms with E-state index in [4.69, 9.17) is 18.9 Å². The molecule has 1 saturated heterocycles. The summed E-state index contributed by atoms with van der Waals surface area (Å²) in [7, 11) is 0. The van der Waals surface area contributed by atoms with Crippen LogP contribution in [0.2, 0.25) is 0 Å². The van der Waals surface area contributed by atoms with Crippen LogP contribution in [0.25, 0.3) is 0 Å². The number of Topliss-reactive ketones (excluding diaryl/α,β-unsaturated/α-hetero) is 1. The van der Waals surface area contributed by atoms with Crippen LogP contribution in [-0.4, -0.2) is 54.2 Å². The molecule has 0 radical (unpaired) electrons. The minimum Gasteiger partial charge on any atom is -0.481 e. The molecule has 9 atom stereocenters. The monoisotopic (exact) mass is 628 g/mol. The van der Waals surface area contributed by atoms with E-state index in [9.17, 15) is 19.5 Å². The third-order valence-electron chi connectivity index (χ3n) is 14.5. The van der Waals surface area contributed by atoms with E-state index in [2.05, 4.69) is 48.5 Å². The van der Waals surface area contributed by atoms with Gasteiger partial charge in [-0.1, -0.05) is 48.5 Å². The molecule has 8 nitrogen and oxygen atoms in total. The molecule has 0 spiro atoms. The number of carboxylic acids is 1. The molecule has 45 heavy (non-hydrogen) atoms. The Morgan fingerprint density at radius 1 is 0.911 bits per heavy atom. The van der Waals surface area contributed by atoms with Crippen molar-refractivity contribution >= 4 is 17.9 Å². The maximum Gasteiger partial charge on any atom is 0.508 e. The van der Waals surface area contributed by atoms with Gasteiger partial charge in [-0.3, -0.25) is 9.59 Å². The molecule has 6 rings (SSSR count). The first-order valence-electron chi connectivity index (χ1n) is 17.5. The Morgan fingerprint density at radius 3 is 2.24 bits per heavy atom. The second-order valence-corrected chi connectivity index (χ2v) is 17.6. The number of fused-ring (bicyclic) bond motifs is 7. The van der Waals surface area contributed by atoms with Gasteiger partial charge in [0.25, 0.3) is 0 Å². The van der Waals surface area contributed by atoms with E-state index in [1.54, 1.807) is 0 Å². The highest BCUT2D eigenvalue weighted by atomic mass is 16.8. The zero-order valence-electron chi connectivity index (χ0n) is 29.0. The molecule has 0 amide bonds. The number of ether oxygens (including phenoxy) is 4. The highest BCUT2D eigenvalue weighted by molar-refractivity contribution is 6.05. The fourth-order valence-corrected chi connectivity index (χ4v) is 12.2. The van der Waals surface area contributed by atoms with Crippen molar-refractivity contribution in [2.24, 2.45) is 50.7 Å². The number of rotatable bonds is 5. The standard InChI is InChI=1S/C37H56O8/c1-21(2)28-24(38)18-37(30(39)40)17-16-35(8)23(29(28)37)10-11-26-34(7)14-13-27(32(3,4)25(34)12-15-36(26,35)9)44-31(41)42-19-22-20-43-33(5,6)45-22/h21-23,25-27H,10-20H2,1-9H3,(H,39,40)/t22?,23-,25+,26?,27+,34+,35-,36-,37-/m1/s1. The molecule has 5 fully saturated rings. The van der Waals surface area contributed by atoms with Gasteiger partial charge in [-0.2, -0.15) is 0 Å². The normalized spacial score (nSPS) is 44.9. The SMILES string of the molecule is CC(C)C1=C2[C@H]3CCC4[C@@]5(C)CC[C@H](OC(=O)OCC6COC(C)(C)O6)C(C)(C)[C@@H]5CC[C@@]4(C)[C@]3(C)CC[C@@]2(C(=O)O)CC1=O. The van der Waals surface area contributed by atoms with Gasteiger partial charge in [-0.05, 0) is 116 Å². The number of carbonyl (C=O) groups excluding carboxylic acids is 2. The molecule has 2 unspecified atom stereocenters. The largest absolute Gasteiger partial charge is 0.508 e. The van der Waals surface area contributed by atoms with E-state index < -0.39 is 23.3 Å². The first-order chi connectivity index (χ1) is 20.8. The third kappa shape index (κ3) is 4.69. The molecule has 0 aromatic carbocycles. The molecule has 1 N–H and O–H groups in total. The maximum atomic E-state index is 13.4. The molecule has 0 bridgehead atoms. The van der Waals surface area contributed by atoms with Gasteiger partial charge in [0.05, 0.1) is 12.0 Å². The van der Waals surface area contributed by atoms with Crippen molar-refractivity contribution in [1.29, 1.82) is 0 Å². The quantitative estimate of drug-likeness (QED) is 0.308. The van der Waals surface area contributed by atoms with Crippen LogP contribution < -0.4 is 0 Å². The Kier molecular flexibility index (Phi) is 7.72. The third-order valence-corrected chi connectivity index (χ3v) is 14.5. The van der Waals surface area contributed by atoms with Gasteiger partial charge < -0.3 is 24.1 Å². The minimum atomic E-state index is -1.02. The van der Waals surface area contributed by atoms with E-state index in [0.29, 0.717) is 24.9 Å². The van der Waals surface area contributed by atoms with Gasteiger partial charge in [0.15, 0.2) is 11.6 Å². The number of ketones is 1. The highest BCUT2D eigenvalue weighted by Gasteiger charge is 2.71. The summed E-state index contributed by atoms with van der Waals surface area (Å²) in [6, 6.07) is 0. The molecule has 8 heteroatoms. The second-order valence-electron chi connectivity index (χ2n) is 17.6. The Balaban J connectivity index is 1.23. The van der Waals surface area contributed by atoms with E-state index in [1.807, 2.05) is 13.8 Å². The molecule has 1 aliphatic heterocycles. The predicted octanol–water partition coefficient (Wildman–Crippen LogP) is 7.73. The van der Waals surface area contributed by atoms with Crippen molar-refractivity contribution < 1.29 is 38.4 Å². The van der Waals surface area contributed by atoms with E-state index >= 15 is 0 Å². The van der Waals surface area contributed by atoms with Gasteiger partial charge in [-0.25, -0.2) is 4.79 Å². The number of allylic oxidation sites excluding steroid dienone is 1. The Morgan fingerprint density at radius 2 is 1.62 bits per heavy atom. The van der Waals surface area contributed by atoms with E-state index in [0.717, 1.165) is 56.1 Å². The van der Waals surface area contributed by atoms with Gasteiger partial charge in [0, 0.05) is 11.8 Å². The van der Waals surface area contributed by atoms with Gasteiger partial charge in [0.2, 0.25) is 0 Å². The van der Waals surface area contributed by atoms with Crippen molar-refractivity contribution in [3.05, 3.63) is 11.1 Å². The van der Waals surface area contributed by atoms with Crippen LogP contribution in [-0.2, 0) is 28.5 Å². The molecule has 4 saturated carbocycles. The summed E-state index contributed by atoms with van der Waals surface area (Å²) in [5, 5.41) is 10.6. The summed E-state index contributed by atoms with van der Waals surface area (Å²) in [4.78, 5) is 39.2. The topological polar surface area (TPSA) is 108 Å². The Bertz CT molecular complexity index is 1300. The average molecular weight is 629 g/mol. The van der Waals surface area contributed by atoms with Crippen molar-refractivity contribution in [2.75, 3.05) is 13.2 Å². The van der Waals surface area contributed by atoms with Gasteiger partial charge >= 0.3 is 12.1 Å². The number of carbonyl (C=O) groups is 3. The van der Waals surface area contributed by atoms with Crippen LogP contribution in [0.4, 0.5) is 4.79 Å². The molecule has 6 aliphatic rings. The molecular weight excluding hydrogens is 572 g/mol. The lowest BCUT2D eigenvalue weighted by molar-refractivity contribution is -0.230. The zero-order chi connectivity index (χ0) is 33.0. The summed E-state index contributed by atoms with van der Waals surface area (Å²) in [6.07, 6.45) is 6.19. The molecule has 252 valence electrons. The van der Waals surface area contributed by atoms with Crippen molar-refractivity contribution in [2.45, 2.75) is 138 Å². The summed E-state index contributed by atoms with van der Waals surface area (Å²) in [5.41, 5.74) is 0.566. The van der Waals surface area contributed by atoms with Gasteiger partial charge in [0.1, 0.15) is 18.8 Å². The molecule has 0 aromatic heterocycles. The molecular formula is C37H56O8. The minimum absolute atomic E-state index is 0.0202. The Hall–Kier alpha value is -1.93. The highest BCUT2D eigenvalue weighted by Crippen LogP contribution is 2.76. The van der Waals surface area contributed by atoms with Crippen molar-refractivity contribution in [3.63, 3.8) is 0 Å². The fraction of sp³-hybridized carbons (Fsp3) is 0.865. The zero-order valence-corrected chi connectivity index (χ0v) is 29.0.